The number of carbonyl (C=O) groups is 4. The van der Waals surface area contributed by atoms with Crippen LogP contribution in [0, 0.1) is 11.3 Å². The van der Waals surface area contributed by atoms with E-state index >= 15 is 0 Å². The van der Waals surface area contributed by atoms with Crippen LogP contribution < -0.4 is 24.8 Å². The maximum atomic E-state index is 14.8. The number of pyridine rings is 1. The highest BCUT2D eigenvalue weighted by Gasteiger charge is 2.61. The Bertz CT molecular complexity index is 2890. The number of methoxy groups -OCH3 is 1. The number of thiophene rings is 1. The minimum atomic E-state index is -4.74. The molecule has 362 valence electrons. The Kier molecular flexibility index (Phi) is 13.2. The van der Waals surface area contributed by atoms with Gasteiger partial charge in [-0.2, -0.15) is 18.3 Å². The number of nitrogens with one attached hydrogen (secondary N) is 3. The molecule has 16 nitrogen and oxygen atoms in total. The molecule has 5 aromatic rings. The molecule has 0 bridgehead atoms. The van der Waals surface area contributed by atoms with Gasteiger partial charge in [-0.3, -0.25) is 19.1 Å². The summed E-state index contributed by atoms with van der Waals surface area (Å²) in [6.45, 7) is 13.9. The fraction of sp³-hybridized carbons (Fsp3) is 0.404. The number of aryl methyl sites for hydroxylation is 1. The number of hydrogen-bond acceptors (Lipinski definition) is 12. The van der Waals surface area contributed by atoms with Gasteiger partial charge in [-0.15, -0.1) is 17.9 Å². The standard InChI is InChI=1S/C47H52F3N7O9S2/c1-10-27-24-46(27,42(60)55-68(62,63)38-19-18-36(67-38)33-23-37(47(48,49)50)54-56(33)8)53-40(58)34-21-29(25-57(34)41(59)39(44(2,3)4)52-43(61)66-45(5,6)7)65-35-22-31(26-14-12-11-13-15-26)51-32-20-28(64-9)16-17-30(32)35/h10-20,22-23,27,29,34,39H,1,21,24-25H2,2-9H3,(H,52,61)(H,53,58)(H,55,60)/t27-,29-,34+,39-,46-/m1/s1. The number of hydrogen-bond donors (Lipinski definition) is 3. The SMILES string of the molecule is C=C[C@@H]1C[C@]1(NC(=O)[C@@H]1C[C@@H](Oc2cc(-c3ccccc3)nc3cc(OC)ccc23)CN1C(=O)[C@@H](NC(=O)OC(C)(C)C)C(C)(C)C)C(=O)NS(=O)(=O)c1ccc(-c2cc(C(F)(F)F)nn2C)s1. The lowest BCUT2D eigenvalue weighted by Gasteiger charge is -2.36. The summed E-state index contributed by atoms with van der Waals surface area (Å²) in [6.07, 6.45) is -5.19. The molecule has 2 aliphatic rings. The smallest absolute Gasteiger partial charge is 0.435 e. The molecule has 1 aliphatic heterocycles. The molecule has 2 fully saturated rings. The van der Waals surface area contributed by atoms with Gasteiger partial charge in [-0.25, -0.2) is 22.9 Å². The van der Waals surface area contributed by atoms with E-state index < -0.39 is 86.4 Å². The summed E-state index contributed by atoms with van der Waals surface area (Å²) in [5.41, 5.74) is -2.90. The second kappa shape index (κ2) is 18.2. The zero-order valence-corrected chi connectivity index (χ0v) is 40.2. The molecule has 68 heavy (non-hydrogen) atoms. The predicted molar refractivity (Wildman–Crippen MR) is 247 cm³/mol. The summed E-state index contributed by atoms with van der Waals surface area (Å²) in [7, 11) is -1.83. The monoisotopic (exact) mass is 979 g/mol. The second-order valence-electron chi connectivity index (χ2n) is 18.8. The molecule has 3 aromatic heterocycles. The number of likely N-dealkylation sites (tertiary alicyclic amines) is 1. The van der Waals surface area contributed by atoms with Gasteiger partial charge in [-0.05, 0) is 62.9 Å². The minimum Gasteiger partial charge on any atom is -0.497 e. The highest BCUT2D eigenvalue weighted by atomic mass is 32.2. The van der Waals surface area contributed by atoms with Gasteiger partial charge >= 0.3 is 12.3 Å². The zero-order chi connectivity index (χ0) is 49.7. The largest absolute Gasteiger partial charge is 0.497 e. The number of amides is 4. The van der Waals surface area contributed by atoms with E-state index in [9.17, 15) is 40.8 Å². The Balaban J connectivity index is 1.19. The number of fused-ring (bicyclic) bond motifs is 1. The third-order valence-corrected chi connectivity index (χ3v) is 14.4. The number of alkyl carbamates (subject to hydrolysis) is 1. The van der Waals surface area contributed by atoms with Gasteiger partial charge in [0.15, 0.2) is 5.69 Å². The number of benzene rings is 2. The lowest BCUT2D eigenvalue weighted by Crippen LogP contribution is -2.60. The third-order valence-electron chi connectivity index (χ3n) is 11.5. The van der Waals surface area contributed by atoms with Crippen LogP contribution in [0.3, 0.4) is 0 Å². The molecule has 4 heterocycles. The molecule has 0 unspecified atom stereocenters. The summed E-state index contributed by atoms with van der Waals surface area (Å²) < 4.78 is 87.9. The Morgan fingerprint density at radius 1 is 0.985 bits per heavy atom. The van der Waals surface area contributed by atoms with Crippen molar-refractivity contribution >= 4 is 56.1 Å². The van der Waals surface area contributed by atoms with Crippen LogP contribution >= 0.6 is 11.3 Å². The van der Waals surface area contributed by atoms with E-state index in [-0.39, 0.29) is 34.2 Å². The Morgan fingerprint density at radius 2 is 1.69 bits per heavy atom. The van der Waals surface area contributed by atoms with Crippen LogP contribution in [0.5, 0.6) is 11.5 Å². The van der Waals surface area contributed by atoms with Gasteiger partial charge < -0.3 is 29.7 Å². The first kappa shape index (κ1) is 49.4. The van der Waals surface area contributed by atoms with Crippen LogP contribution in [0.4, 0.5) is 18.0 Å². The first-order valence-electron chi connectivity index (χ1n) is 21.5. The molecule has 7 rings (SSSR count). The number of halogens is 3. The van der Waals surface area contributed by atoms with Crippen molar-refractivity contribution in [2.75, 3.05) is 13.7 Å². The van der Waals surface area contributed by atoms with Crippen molar-refractivity contribution in [1.29, 1.82) is 0 Å². The van der Waals surface area contributed by atoms with Crippen molar-refractivity contribution in [3.05, 3.63) is 91.1 Å². The summed E-state index contributed by atoms with van der Waals surface area (Å²) in [5.74, 6) is -2.34. The lowest BCUT2D eigenvalue weighted by molar-refractivity contribution is -0.143. The molecule has 4 amide bonds. The average molecular weight is 980 g/mol. The highest BCUT2D eigenvalue weighted by Crippen LogP contribution is 2.46. The average Bonchev–Trinajstić information content (AvgIpc) is 3.60. The zero-order valence-electron chi connectivity index (χ0n) is 38.6. The Morgan fingerprint density at radius 3 is 2.29 bits per heavy atom. The number of ether oxygens (including phenoxy) is 3. The molecule has 2 aromatic carbocycles. The van der Waals surface area contributed by atoms with Crippen molar-refractivity contribution in [3.63, 3.8) is 0 Å². The first-order valence-corrected chi connectivity index (χ1v) is 23.8. The van der Waals surface area contributed by atoms with E-state index in [1.165, 1.54) is 31.2 Å². The first-order chi connectivity index (χ1) is 31.7. The van der Waals surface area contributed by atoms with Crippen molar-refractivity contribution in [3.8, 4) is 33.3 Å². The van der Waals surface area contributed by atoms with Gasteiger partial charge in [0.2, 0.25) is 11.8 Å². The maximum Gasteiger partial charge on any atom is 0.435 e. The minimum absolute atomic E-state index is 0.00493. The van der Waals surface area contributed by atoms with Crippen molar-refractivity contribution in [1.82, 2.24) is 35.0 Å². The predicted octanol–water partition coefficient (Wildman–Crippen LogP) is 7.24. The molecule has 0 spiro atoms. The van der Waals surface area contributed by atoms with Crippen LogP contribution in [-0.4, -0.2) is 94.9 Å². The fourth-order valence-corrected chi connectivity index (χ4v) is 10.4. The van der Waals surface area contributed by atoms with E-state index in [1.54, 1.807) is 65.8 Å². The molecular formula is C47H52F3N7O9S2. The number of rotatable bonds is 13. The summed E-state index contributed by atoms with van der Waals surface area (Å²) >= 11 is 0.617. The molecule has 1 saturated carbocycles. The van der Waals surface area contributed by atoms with E-state index in [4.69, 9.17) is 19.2 Å². The summed E-state index contributed by atoms with van der Waals surface area (Å²) in [4.78, 5) is 63.2. The summed E-state index contributed by atoms with van der Waals surface area (Å²) in [6, 6.07) is 17.1. The van der Waals surface area contributed by atoms with Crippen LogP contribution in [0.15, 0.2) is 89.7 Å². The van der Waals surface area contributed by atoms with Gasteiger partial charge in [0.25, 0.3) is 15.9 Å². The van der Waals surface area contributed by atoms with E-state index in [0.717, 1.165) is 22.4 Å². The molecule has 1 saturated heterocycles. The van der Waals surface area contributed by atoms with Gasteiger partial charge in [0.05, 0.1) is 35.4 Å². The van der Waals surface area contributed by atoms with Gasteiger partial charge in [0, 0.05) is 42.5 Å². The quantitative estimate of drug-likeness (QED) is 0.100. The van der Waals surface area contributed by atoms with Crippen LogP contribution in [-0.2, 0) is 42.4 Å². The van der Waals surface area contributed by atoms with E-state index in [2.05, 4.69) is 22.3 Å². The molecule has 1 aliphatic carbocycles. The Labute approximate surface area is 395 Å². The summed E-state index contributed by atoms with van der Waals surface area (Å²) in [5, 5.41) is 9.53. The highest BCUT2D eigenvalue weighted by molar-refractivity contribution is 7.92. The Hall–Kier alpha value is -6.48. The van der Waals surface area contributed by atoms with Crippen molar-refractivity contribution < 1.29 is 55.0 Å². The second-order valence-corrected chi connectivity index (χ2v) is 21.8. The van der Waals surface area contributed by atoms with Crippen LogP contribution in [0.25, 0.3) is 32.7 Å². The van der Waals surface area contributed by atoms with E-state index in [0.29, 0.717) is 39.4 Å². The lowest BCUT2D eigenvalue weighted by atomic mass is 9.85. The molecular weight excluding hydrogens is 928 g/mol. The number of sulfonamides is 1. The van der Waals surface area contributed by atoms with Gasteiger partial charge in [-0.1, -0.05) is 57.2 Å². The maximum absolute atomic E-state index is 14.8. The number of aromatic nitrogens is 3. The topological polar surface area (TPSA) is 200 Å². The number of alkyl halides is 3. The van der Waals surface area contributed by atoms with Crippen molar-refractivity contribution in [2.45, 2.75) is 94.1 Å². The fourth-order valence-electron chi connectivity index (χ4n) is 7.99. The van der Waals surface area contributed by atoms with Crippen LogP contribution in [0.2, 0.25) is 0 Å². The van der Waals surface area contributed by atoms with Crippen LogP contribution in [0.1, 0.15) is 60.1 Å². The third kappa shape index (κ3) is 10.5. The van der Waals surface area contributed by atoms with E-state index in [1.807, 2.05) is 35.1 Å². The van der Waals surface area contributed by atoms with Crippen molar-refractivity contribution in [2.24, 2.45) is 18.4 Å². The molecule has 0 radical (unpaired) electrons. The number of nitrogens with zero attached hydrogens (tertiary/aromatic N) is 4. The molecule has 5 atom stereocenters. The molecule has 21 heteroatoms. The number of carbonyl (C=O) groups excluding carboxylic acids is 4. The normalized spacial score (nSPS) is 20.0. The molecule has 3 N–H and O–H groups in total. The van der Waals surface area contributed by atoms with Gasteiger partial charge in [0.1, 0.15) is 45.0 Å².